The fourth-order valence-electron chi connectivity index (χ4n) is 2.03. The molecule has 29 heavy (non-hydrogen) atoms. The summed E-state index contributed by atoms with van der Waals surface area (Å²) in [7, 11) is 0. The second-order valence-electron chi connectivity index (χ2n) is 5.72. The summed E-state index contributed by atoms with van der Waals surface area (Å²) in [5.74, 6) is -2.34. The zero-order chi connectivity index (χ0) is 21.2. The molecule has 152 valence electrons. The monoisotopic (exact) mass is 481 g/mol. The first-order chi connectivity index (χ1) is 13.8. The molecule has 3 N–H and O–H groups in total. The lowest BCUT2D eigenvalue weighted by molar-refractivity contribution is -0.149. The lowest BCUT2D eigenvalue weighted by atomic mass is 10.2. The second kappa shape index (κ2) is 11.2. The minimum atomic E-state index is -0.722. The maximum Gasteiger partial charge on any atom is 0.306 e. The summed E-state index contributed by atoms with van der Waals surface area (Å²) in [6.45, 7) is -0.589. The molecule has 2 aromatic carbocycles. The molecular weight excluding hydrogens is 466 g/mol. The van der Waals surface area contributed by atoms with Gasteiger partial charge in [-0.3, -0.25) is 30.0 Å². The van der Waals surface area contributed by atoms with Crippen molar-refractivity contribution in [3.63, 3.8) is 0 Å². The standard InChI is InChI=1S/C19H17BrClN3O5/c20-13-3-7-15(8-4-13)22-16(25)9-10-18(27)29-11-17(26)23-24-19(28)12-1-5-14(21)6-2-12/h1-8H,9-11H2,(H,22,25)(H,23,26)(H,24,28). The molecule has 0 aliphatic rings. The number of hydrogen-bond acceptors (Lipinski definition) is 5. The number of carbonyl (C=O) groups excluding carboxylic acids is 4. The van der Waals surface area contributed by atoms with Gasteiger partial charge in [0.15, 0.2) is 6.61 Å². The molecule has 8 nitrogen and oxygen atoms in total. The maximum absolute atomic E-state index is 11.8. The fraction of sp³-hybridized carbons (Fsp3) is 0.158. The average molecular weight is 483 g/mol. The molecule has 2 aromatic rings. The van der Waals surface area contributed by atoms with E-state index in [4.69, 9.17) is 16.3 Å². The van der Waals surface area contributed by atoms with Gasteiger partial charge in [-0.1, -0.05) is 27.5 Å². The number of ether oxygens (including phenoxy) is 1. The lowest BCUT2D eigenvalue weighted by Gasteiger charge is -2.08. The van der Waals surface area contributed by atoms with Gasteiger partial charge in [-0.2, -0.15) is 0 Å². The molecule has 3 amide bonds. The number of halogens is 2. The zero-order valence-corrected chi connectivity index (χ0v) is 17.4. The number of nitrogens with one attached hydrogen (secondary N) is 3. The van der Waals surface area contributed by atoms with Gasteiger partial charge < -0.3 is 10.1 Å². The highest BCUT2D eigenvalue weighted by Gasteiger charge is 2.12. The average Bonchev–Trinajstić information content (AvgIpc) is 2.71. The van der Waals surface area contributed by atoms with E-state index in [1.54, 1.807) is 24.3 Å². The Kier molecular flexibility index (Phi) is 8.63. The van der Waals surface area contributed by atoms with Gasteiger partial charge >= 0.3 is 5.97 Å². The highest BCUT2D eigenvalue weighted by molar-refractivity contribution is 9.10. The van der Waals surface area contributed by atoms with Crippen LogP contribution in [0.2, 0.25) is 5.02 Å². The van der Waals surface area contributed by atoms with E-state index < -0.39 is 24.4 Å². The number of anilines is 1. The summed E-state index contributed by atoms with van der Waals surface area (Å²) in [6, 6.07) is 13.0. The number of esters is 1. The minimum absolute atomic E-state index is 0.0934. The molecule has 0 aliphatic carbocycles. The molecule has 2 rings (SSSR count). The highest BCUT2D eigenvalue weighted by atomic mass is 79.9. The second-order valence-corrected chi connectivity index (χ2v) is 7.08. The Hall–Kier alpha value is -2.91. The number of hydrogen-bond donors (Lipinski definition) is 3. The van der Waals surface area contributed by atoms with Crippen molar-refractivity contribution in [3.05, 3.63) is 63.6 Å². The SMILES string of the molecule is O=C(COC(=O)CCC(=O)Nc1ccc(Br)cc1)NNC(=O)c1ccc(Cl)cc1. The van der Waals surface area contributed by atoms with E-state index in [9.17, 15) is 19.2 Å². The molecule has 0 saturated heterocycles. The number of rotatable bonds is 7. The van der Waals surface area contributed by atoms with E-state index in [0.717, 1.165) is 4.47 Å². The number of amides is 3. The molecule has 0 aromatic heterocycles. The van der Waals surface area contributed by atoms with E-state index in [1.165, 1.54) is 24.3 Å². The summed E-state index contributed by atoms with van der Waals surface area (Å²) in [5, 5.41) is 3.11. The third kappa shape index (κ3) is 8.32. The van der Waals surface area contributed by atoms with Crippen LogP contribution in [0, 0.1) is 0 Å². The Morgan fingerprint density at radius 3 is 2.17 bits per heavy atom. The van der Waals surface area contributed by atoms with E-state index >= 15 is 0 Å². The number of carbonyl (C=O) groups is 4. The molecule has 0 aliphatic heterocycles. The molecule has 0 fully saturated rings. The van der Waals surface area contributed by atoms with Gasteiger partial charge in [-0.05, 0) is 48.5 Å². The van der Waals surface area contributed by atoms with Gasteiger partial charge in [0, 0.05) is 27.2 Å². The normalized spacial score (nSPS) is 10.0. The Balaban J connectivity index is 1.63. The highest BCUT2D eigenvalue weighted by Crippen LogP contribution is 2.14. The molecule has 0 radical (unpaired) electrons. The van der Waals surface area contributed by atoms with Crippen LogP contribution in [-0.2, 0) is 19.1 Å². The van der Waals surface area contributed by atoms with Crippen LogP contribution in [0.4, 0.5) is 5.69 Å². The predicted octanol–water partition coefficient (Wildman–Crippen LogP) is 2.83. The van der Waals surface area contributed by atoms with E-state index in [-0.39, 0.29) is 18.7 Å². The van der Waals surface area contributed by atoms with Gasteiger partial charge in [0.1, 0.15) is 0 Å². The van der Waals surface area contributed by atoms with Gasteiger partial charge in [-0.25, -0.2) is 0 Å². The van der Waals surface area contributed by atoms with Gasteiger partial charge in [0.05, 0.1) is 6.42 Å². The Morgan fingerprint density at radius 2 is 1.52 bits per heavy atom. The summed E-state index contributed by atoms with van der Waals surface area (Å²) >= 11 is 9.02. The topological polar surface area (TPSA) is 114 Å². The molecule has 0 saturated carbocycles. The van der Waals surface area contributed by atoms with Crippen molar-refractivity contribution in [2.24, 2.45) is 0 Å². The van der Waals surface area contributed by atoms with E-state index in [2.05, 4.69) is 32.1 Å². The maximum atomic E-state index is 11.8. The summed E-state index contributed by atoms with van der Waals surface area (Å²) in [5.41, 5.74) is 5.20. The van der Waals surface area contributed by atoms with Crippen molar-refractivity contribution in [3.8, 4) is 0 Å². The van der Waals surface area contributed by atoms with Crippen LogP contribution >= 0.6 is 27.5 Å². The Bertz CT molecular complexity index is 888. The summed E-state index contributed by atoms with van der Waals surface area (Å²) in [6.07, 6.45) is -0.281. The van der Waals surface area contributed by atoms with E-state index in [1.807, 2.05) is 0 Å². The van der Waals surface area contributed by atoms with Crippen LogP contribution in [-0.4, -0.2) is 30.3 Å². The molecule has 0 unspecified atom stereocenters. The van der Waals surface area contributed by atoms with Crippen LogP contribution < -0.4 is 16.2 Å². The molecular formula is C19H17BrClN3O5. The van der Waals surface area contributed by atoms with Crippen LogP contribution in [0.15, 0.2) is 53.0 Å². The molecule has 0 atom stereocenters. The van der Waals surface area contributed by atoms with Crippen LogP contribution in [0.1, 0.15) is 23.2 Å². The predicted molar refractivity (Wildman–Crippen MR) is 110 cm³/mol. The summed E-state index contributed by atoms with van der Waals surface area (Å²) < 4.78 is 5.64. The Labute approximate surface area is 180 Å². The van der Waals surface area contributed by atoms with Crippen molar-refractivity contribution >= 4 is 56.9 Å². The molecule has 0 bridgehead atoms. The van der Waals surface area contributed by atoms with Crippen molar-refractivity contribution in [2.75, 3.05) is 11.9 Å². The number of benzene rings is 2. The molecule has 10 heteroatoms. The Morgan fingerprint density at radius 1 is 0.862 bits per heavy atom. The third-order valence-electron chi connectivity index (χ3n) is 3.47. The number of hydrazine groups is 1. The quantitative estimate of drug-likeness (QED) is 0.415. The van der Waals surface area contributed by atoms with Crippen LogP contribution in [0.5, 0.6) is 0 Å². The largest absolute Gasteiger partial charge is 0.455 e. The van der Waals surface area contributed by atoms with Gasteiger partial charge in [0.2, 0.25) is 5.91 Å². The van der Waals surface area contributed by atoms with Crippen molar-refractivity contribution in [1.29, 1.82) is 0 Å². The van der Waals surface area contributed by atoms with Crippen LogP contribution in [0.25, 0.3) is 0 Å². The lowest BCUT2D eigenvalue weighted by Crippen LogP contribution is -2.43. The van der Waals surface area contributed by atoms with Crippen molar-refractivity contribution in [2.45, 2.75) is 12.8 Å². The van der Waals surface area contributed by atoms with E-state index in [0.29, 0.717) is 16.3 Å². The molecule has 0 heterocycles. The van der Waals surface area contributed by atoms with Gasteiger partial charge in [-0.15, -0.1) is 0 Å². The first-order valence-corrected chi connectivity index (χ1v) is 9.56. The zero-order valence-electron chi connectivity index (χ0n) is 15.0. The first kappa shape index (κ1) is 22.4. The van der Waals surface area contributed by atoms with Gasteiger partial charge in [0.25, 0.3) is 11.8 Å². The third-order valence-corrected chi connectivity index (χ3v) is 4.25. The first-order valence-electron chi connectivity index (χ1n) is 8.39. The van der Waals surface area contributed by atoms with Crippen molar-refractivity contribution < 1.29 is 23.9 Å². The minimum Gasteiger partial charge on any atom is -0.455 e. The smallest absolute Gasteiger partial charge is 0.306 e. The summed E-state index contributed by atoms with van der Waals surface area (Å²) in [4.78, 5) is 46.9. The van der Waals surface area contributed by atoms with Crippen molar-refractivity contribution in [1.82, 2.24) is 10.9 Å². The fourth-order valence-corrected chi connectivity index (χ4v) is 2.42. The van der Waals surface area contributed by atoms with Crippen LogP contribution in [0.3, 0.4) is 0 Å². The molecule has 0 spiro atoms.